The monoisotopic (exact) mass is 266 g/mol. The Kier molecular flexibility index (Phi) is 6.97. The van der Waals surface area contributed by atoms with Crippen molar-refractivity contribution < 1.29 is 19.4 Å². The van der Waals surface area contributed by atoms with Crippen LogP contribution in [0.5, 0.6) is 5.75 Å². The Morgan fingerprint density at radius 1 is 1.26 bits per heavy atom. The van der Waals surface area contributed by atoms with Crippen molar-refractivity contribution in [1.29, 1.82) is 0 Å². The van der Waals surface area contributed by atoms with Gasteiger partial charge in [-0.05, 0) is 30.7 Å². The van der Waals surface area contributed by atoms with Crippen LogP contribution in [0.2, 0.25) is 0 Å². The molecule has 1 aromatic carbocycles. The third kappa shape index (κ3) is 5.75. The van der Waals surface area contributed by atoms with E-state index in [0.717, 1.165) is 19.3 Å². The third-order valence-corrected chi connectivity index (χ3v) is 2.87. The van der Waals surface area contributed by atoms with E-state index in [-0.39, 0.29) is 6.61 Å². The maximum Gasteiger partial charge on any atom is 0.338 e. The summed E-state index contributed by atoms with van der Waals surface area (Å²) in [5.74, 6) is 0.272. The minimum Gasteiger partial charge on any atom is -0.497 e. The number of rotatable bonds is 8. The summed E-state index contributed by atoms with van der Waals surface area (Å²) in [5.41, 5.74) is 0.460. The van der Waals surface area contributed by atoms with Gasteiger partial charge >= 0.3 is 5.97 Å². The molecular formula is C15H22O4. The number of carbonyl (C=O) groups excluding carboxylic acids is 1. The maximum atomic E-state index is 11.7. The van der Waals surface area contributed by atoms with Gasteiger partial charge in [-0.25, -0.2) is 4.79 Å². The lowest BCUT2D eigenvalue weighted by molar-refractivity contribution is 0.0233. The van der Waals surface area contributed by atoms with Gasteiger partial charge in [0.15, 0.2) is 0 Å². The van der Waals surface area contributed by atoms with Gasteiger partial charge in [0.25, 0.3) is 0 Å². The highest BCUT2D eigenvalue weighted by Gasteiger charge is 2.10. The zero-order valence-corrected chi connectivity index (χ0v) is 11.6. The second-order valence-electron chi connectivity index (χ2n) is 4.48. The van der Waals surface area contributed by atoms with Gasteiger partial charge in [-0.15, -0.1) is 0 Å². The zero-order chi connectivity index (χ0) is 14.1. The summed E-state index contributed by atoms with van der Waals surface area (Å²) < 4.78 is 10.1. The smallest absolute Gasteiger partial charge is 0.338 e. The minimum atomic E-state index is -0.575. The molecular weight excluding hydrogens is 244 g/mol. The number of esters is 1. The number of hydrogen-bond donors (Lipinski definition) is 1. The highest BCUT2D eigenvalue weighted by Crippen LogP contribution is 2.12. The van der Waals surface area contributed by atoms with Gasteiger partial charge in [0.05, 0.1) is 18.8 Å². The van der Waals surface area contributed by atoms with Gasteiger partial charge in [-0.3, -0.25) is 0 Å². The summed E-state index contributed by atoms with van der Waals surface area (Å²) in [5, 5.41) is 9.66. The first-order chi connectivity index (χ1) is 9.17. The standard InChI is InChI=1S/C15H22O4/c1-3-4-5-6-13(16)11-19-15(17)12-7-9-14(18-2)10-8-12/h7-10,13,16H,3-6,11H2,1-2H3. The lowest BCUT2D eigenvalue weighted by Gasteiger charge is -2.11. The average Bonchev–Trinajstić information content (AvgIpc) is 2.45. The molecule has 0 aliphatic carbocycles. The molecule has 1 N–H and O–H groups in total. The first-order valence-corrected chi connectivity index (χ1v) is 6.66. The molecule has 0 saturated heterocycles. The average molecular weight is 266 g/mol. The molecule has 0 spiro atoms. The summed E-state index contributed by atoms with van der Waals surface area (Å²) in [7, 11) is 1.57. The second kappa shape index (κ2) is 8.53. The molecule has 0 aliphatic rings. The Hall–Kier alpha value is -1.55. The summed E-state index contributed by atoms with van der Waals surface area (Å²) in [6.07, 6.45) is 3.25. The molecule has 19 heavy (non-hydrogen) atoms. The molecule has 106 valence electrons. The number of hydrogen-bond acceptors (Lipinski definition) is 4. The predicted octanol–water partition coefficient (Wildman–Crippen LogP) is 2.79. The number of benzene rings is 1. The summed E-state index contributed by atoms with van der Waals surface area (Å²) in [6.45, 7) is 2.16. The fourth-order valence-corrected chi connectivity index (χ4v) is 1.70. The highest BCUT2D eigenvalue weighted by molar-refractivity contribution is 5.89. The Labute approximate surface area is 114 Å². The topological polar surface area (TPSA) is 55.8 Å². The minimum absolute atomic E-state index is 0.0502. The van der Waals surface area contributed by atoms with Crippen molar-refractivity contribution >= 4 is 5.97 Å². The highest BCUT2D eigenvalue weighted by atomic mass is 16.5. The largest absolute Gasteiger partial charge is 0.497 e. The number of aliphatic hydroxyl groups is 1. The quantitative estimate of drug-likeness (QED) is 0.580. The number of aliphatic hydroxyl groups excluding tert-OH is 1. The molecule has 0 aliphatic heterocycles. The zero-order valence-electron chi connectivity index (χ0n) is 11.6. The Morgan fingerprint density at radius 3 is 2.53 bits per heavy atom. The summed E-state index contributed by atoms with van der Waals surface area (Å²) in [4.78, 5) is 11.7. The van der Waals surface area contributed by atoms with Gasteiger partial charge in [-0.2, -0.15) is 0 Å². The molecule has 0 aromatic heterocycles. The lowest BCUT2D eigenvalue weighted by Crippen LogP contribution is -2.18. The Morgan fingerprint density at radius 2 is 1.95 bits per heavy atom. The van der Waals surface area contributed by atoms with Crippen LogP contribution in [-0.4, -0.2) is 30.9 Å². The van der Waals surface area contributed by atoms with Crippen LogP contribution < -0.4 is 4.74 Å². The fraction of sp³-hybridized carbons (Fsp3) is 0.533. The van der Waals surface area contributed by atoms with Gasteiger partial charge < -0.3 is 14.6 Å². The summed E-state index contributed by atoms with van der Waals surface area (Å²) >= 11 is 0. The maximum absolute atomic E-state index is 11.7. The molecule has 4 nitrogen and oxygen atoms in total. The molecule has 1 unspecified atom stereocenters. The first kappa shape index (κ1) is 15.5. The van der Waals surface area contributed by atoms with Crippen LogP contribution in [0, 0.1) is 0 Å². The van der Waals surface area contributed by atoms with E-state index >= 15 is 0 Å². The van der Waals surface area contributed by atoms with Gasteiger partial charge in [0, 0.05) is 0 Å². The van der Waals surface area contributed by atoms with Crippen molar-refractivity contribution in [3.8, 4) is 5.75 Å². The van der Waals surface area contributed by atoms with Crippen LogP contribution >= 0.6 is 0 Å². The predicted molar refractivity (Wildman–Crippen MR) is 73.4 cm³/mol. The molecule has 0 amide bonds. The van der Waals surface area contributed by atoms with Gasteiger partial charge in [-0.1, -0.05) is 26.2 Å². The molecule has 1 rings (SSSR count). The van der Waals surface area contributed by atoms with Crippen molar-refractivity contribution in [3.63, 3.8) is 0 Å². The lowest BCUT2D eigenvalue weighted by atomic mass is 10.1. The van der Waals surface area contributed by atoms with E-state index in [1.165, 1.54) is 0 Å². The number of carbonyl (C=O) groups is 1. The van der Waals surface area contributed by atoms with Crippen molar-refractivity contribution in [3.05, 3.63) is 29.8 Å². The normalized spacial score (nSPS) is 11.9. The van der Waals surface area contributed by atoms with Crippen molar-refractivity contribution in [2.24, 2.45) is 0 Å². The fourth-order valence-electron chi connectivity index (χ4n) is 1.70. The van der Waals surface area contributed by atoms with E-state index in [0.29, 0.717) is 17.7 Å². The molecule has 0 fully saturated rings. The number of methoxy groups -OCH3 is 1. The molecule has 4 heteroatoms. The van der Waals surface area contributed by atoms with Crippen LogP contribution in [0.4, 0.5) is 0 Å². The van der Waals surface area contributed by atoms with Crippen molar-refractivity contribution in [2.45, 2.75) is 38.7 Å². The molecule has 0 radical (unpaired) electrons. The van der Waals surface area contributed by atoms with E-state index in [9.17, 15) is 9.90 Å². The van der Waals surface area contributed by atoms with Gasteiger partial charge in [0.2, 0.25) is 0 Å². The number of unbranched alkanes of at least 4 members (excludes halogenated alkanes) is 2. The van der Waals surface area contributed by atoms with Crippen LogP contribution in [0.3, 0.4) is 0 Å². The van der Waals surface area contributed by atoms with Crippen molar-refractivity contribution in [2.75, 3.05) is 13.7 Å². The van der Waals surface area contributed by atoms with Crippen LogP contribution in [0.15, 0.2) is 24.3 Å². The molecule has 1 aromatic rings. The molecule has 0 heterocycles. The van der Waals surface area contributed by atoms with Crippen molar-refractivity contribution in [1.82, 2.24) is 0 Å². The first-order valence-electron chi connectivity index (χ1n) is 6.66. The summed E-state index contributed by atoms with van der Waals surface area (Å²) in [6, 6.07) is 6.69. The molecule has 1 atom stereocenters. The van der Waals surface area contributed by atoms with E-state index in [1.807, 2.05) is 0 Å². The molecule has 0 saturated carbocycles. The van der Waals surface area contributed by atoms with E-state index in [1.54, 1.807) is 31.4 Å². The van der Waals surface area contributed by atoms with Crippen LogP contribution in [-0.2, 0) is 4.74 Å². The van der Waals surface area contributed by atoms with Crippen LogP contribution in [0.25, 0.3) is 0 Å². The Balaban J connectivity index is 2.33. The third-order valence-electron chi connectivity index (χ3n) is 2.87. The van der Waals surface area contributed by atoms with Crippen LogP contribution in [0.1, 0.15) is 43.0 Å². The number of ether oxygens (including phenoxy) is 2. The second-order valence-corrected chi connectivity index (χ2v) is 4.48. The van der Waals surface area contributed by atoms with Gasteiger partial charge in [0.1, 0.15) is 12.4 Å². The van der Waals surface area contributed by atoms with E-state index < -0.39 is 12.1 Å². The van der Waals surface area contributed by atoms with E-state index in [2.05, 4.69) is 6.92 Å². The molecule has 0 bridgehead atoms. The Bertz CT molecular complexity index is 372. The van der Waals surface area contributed by atoms with E-state index in [4.69, 9.17) is 9.47 Å². The SMILES string of the molecule is CCCCCC(O)COC(=O)c1ccc(OC)cc1.